The van der Waals surface area contributed by atoms with Crippen molar-refractivity contribution in [2.24, 2.45) is 0 Å². The van der Waals surface area contributed by atoms with Crippen LogP contribution in [-0.2, 0) is 0 Å². The third kappa shape index (κ3) is 2.08. The highest BCUT2D eigenvalue weighted by atomic mass is 32.2. The summed E-state index contributed by atoms with van der Waals surface area (Å²) in [4.78, 5) is 0. The van der Waals surface area contributed by atoms with Crippen LogP contribution in [0.5, 0.6) is 0 Å². The minimum Gasteiger partial charge on any atom is -0.142 e. The van der Waals surface area contributed by atoms with Gasteiger partial charge in [-0.2, -0.15) is 0 Å². The van der Waals surface area contributed by atoms with Gasteiger partial charge in [-0.25, -0.2) is 0 Å². The lowest BCUT2D eigenvalue weighted by Gasteiger charge is -1.97. The summed E-state index contributed by atoms with van der Waals surface area (Å²) in [6.45, 7) is 4.26. The van der Waals surface area contributed by atoms with E-state index >= 15 is 0 Å². The molecule has 0 aliphatic heterocycles. The average Bonchev–Trinajstić information content (AvgIpc) is 2.61. The quantitative estimate of drug-likeness (QED) is 0.571. The molecule has 78 valence electrons. The van der Waals surface area contributed by atoms with E-state index in [1.165, 1.54) is 21.3 Å². The average molecular weight is 236 g/mol. The van der Waals surface area contributed by atoms with Crippen LogP contribution in [0.2, 0.25) is 0 Å². The molecule has 2 aromatic rings. The van der Waals surface area contributed by atoms with E-state index in [1.807, 2.05) is 0 Å². The van der Waals surface area contributed by atoms with Crippen molar-refractivity contribution in [3.8, 4) is 5.69 Å². The summed E-state index contributed by atoms with van der Waals surface area (Å²) in [5.41, 5.74) is 3.86. The van der Waals surface area contributed by atoms with Crippen molar-refractivity contribution in [2.75, 3.05) is 6.26 Å². The smallest absolute Gasteiger partial charge is 0.142 e. The lowest BCUT2D eigenvalue weighted by Crippen LogP contribution is -2.33. The Labute approximate surface area is 98.8 Å². The topological polar surface area (TPSA) is 3.88 Å². The summed E-state index contributed by atoms with van der Waals surface area (Å²) in [5, 5.41) is 2.20. The van der Waals surface area contributed by atoms with Gasteiger partial charge in [0.25, 0.3) is 0 Å². The Hall–Kier alpha value is -0.800. The third-order valence-electron chi connectivity index (χ3n) is 2.33. The molecule has 0 spiro atoms. The molecular weight excluding hydrogens is 222 g/mol. The summed E-state index contributed by atoms with van der Waals surface area (Å²) in [6, 6.07) is 8.66. The Morgan fingerprint density at radius 3 is 2.40 bits per heavy atom. The van der Waals surface area contributed by atoms with Crippen LogP contribution in [0.4, 0.5) is 0 Å². The lowest BCUT2D eigenvalue weighted by molar-refractivity contribution is -0.634. The standard InChI is InChI=1S/C12H14NS2/c1-9-4-6-11(7-5-9)13-10(2)8-15-12(13)14-3/h4-8H,1-3H3/q+1. The van der Waals surface area contributed by atoms with Crippen molar-refractivity contribution in [3.63, 3.8) is 0 Å². The number of aryl methyl sites for hydroxylation is 2. The highest BCUT2D eigenvalue weighted by molar-refractivity contribution is 8.00. The fourth-order valence-corrected chi connectivity index (χ4v) is 3.22. The summed E-state index contributed by atoms with van der Waals surface area (Å²) in [6.07, 6.45) is 2.12. The minimum atomic E-state index is 1.25. The summed E-state index contributed by atoms with van der Waals surface area (Å²) >= 11 is 3.60. The van der Waals surface area contributed by atoms with E-state index in [0.29, 0.717) is 0 Å². The van der Waals surface area contributed by atoms with Crippen LogP contribution in [0.3, 0.4) is 0 Å². The number of hydrogen-bond acceptors (Lipinski definition) is 2. The molecule has 0 aliphatic carbocycles. The number of benzene rings is 1. The van der Waals surface area contributed by atoms with Crippen LogP contribution in [0.15, 0.2) is 34.0 Å². The Morgan fingerprint density at radius 2 is 1.80 bits per heavy atom. The summed E-state index contributed by atoms with van der Waals surface area (Å²) in [5.74, 6) is 0. The maximum absolute atomic E-state index is 2.30. The van der Waals surface area contributed by atoms with Gasteiger partial charge in [0, 0.05) is 19.1 Å². The van der Waals surface area contributed by atoms with Crippen molar-refractivity contribution in [1.82, 2.24) is 0 Å². The highest BCUT2D eigenvalue weighted by Crippen LogP contribution is 2.20. The lowest BCUT2D eigenvalue weighted by atomic mass is 10.2. The number of thioether (sulfide) groups is 1. The van der Waals surface area contributed by atoms with Crippen molar-refractivity contribution in [1.29, 1.82) is 0 Å². The molecule has 3 heteroatoms. The number of thiazole rings is 1. The van der Waals surface area contributed by atoms with Crippen LogP contribution in [-0.4, -0.2) is 6.26 Å². The van der Waals surface area contributed by atoms with Gasteiger partial charge in [0.1, 0.15) is 0 Å². The molecule has 1 heterocycles. The molecule has 1 aromatic heterocycles. The van der Waals surface area contributed by atoms with Gasteiger partial charge in [-0.05, 0) is 24.9 Å². The van der Waals surface area contributed by atoms with Gasteiger partial charge < -0.3 is 0 Å². The molecule has 0 bridgehead atoms. The van der Waals surface area contributed by atoms with Gasteiger partial charge in [-0.3, -0.25) is 0 Å². The maximum Gasteiger partial charge on any atom is 0.303 e. The SMILES string of the molecule is CSc1scc(C)[n+]1-c1ccc(C)cc1. The zero-order valence-electron chi connectivity index (χ0n) is 9.15. The number of hydrogen-bond donors (Lipinski definition) is 0. The second-order valence-electron chi connectivity index (χ2n) is 3.52. The number of aromatic nitrogens is 1. The number of nitrogens with zero attached hydrogens (tertiary/aromatic N) is 1. The third-order valence-corrected chi connectivity index (χ3v) is 4.50. The Balaban J connectivity index is 2.52. The first-order valence-corrected chi connectivity index (χ1v) is 6.94. The van der Waals surface area contributed by atoms with Gasteiger partial charge in [-0.15, -0.1) is 4.57 Å². The first-order valence-electron chi connectivity index (χ1n) is 4.83. The van der Waals surface area contributed by atoms with Crippen molar-refractivity contribution < 1.29 is 4.57 Å². The molecule has 0 saturated heterocycles. The zero-order chi connectivity index (χ0) is 10.8. The summed E-state index contributed by atoms with van der Waals surface area (Å²) < 4.78 is 3.63. The molecule has 15 heavy (non-hydrogen) atoms. The van der Waals surface area contributed by atoms with Gasteiger partial charge >= 0.3 is 4.34 Å². The molecule has 1 aromatic carbocycles. The predicted molar refractivity (Wildman–Crippen MR) is 67.1 cm³/mol. The molecule has 0 aliphatic rings. The van der Waals surface area contributed by atoms with Crippen molar-refractivity contribution >= 4 is 23.1 Å². The fraction of sp³-hybridized carbons (Fsp3) is 0.250. The number of rotatable bonds is 2. The molecular formula is C12H14NS2+. The monoisotopic (exact) mass is 236 g/mol. The van der Waals surface area contributed by atoms with Crippen LogP contribution in [0.25, 0.3) is 5.69 Å². The van der Waals surface area contributed by atoms with Gasteiger partial charge in [-0.1, -0.05) is 29.0 Å². The molecule has 0 atom stereocenters. The van der Waals surface area contributed by atoms with Crippen LogP contribution in [0.1, 0.15) is 11.3 Å². The first-order chi connectivity index (χ1) is 7.22. The molecule has 0 unspecified atom stereocenters. The molecule has 1 nitrogen and oxygen atoms in total. The van der Waals surface area contributed by atoms with Crippen LogP contribution in [0, 0.1) is 13.8 Å². The molecule has 2 rings (SSSR count). The minimum absolute atomic E-state index is 1.25. The summed E-state index contributed by atoms with van der Waals surface area (Å²) in [7, 11) is 0. The van der Waals surface area contributed by atoms with Crippen LogP contribution < -0.4 is 4.57 Å². The van der Waals surface area contributed by atoms with E-state index in [9.17, 15) is 0 Å². The Bertz CT molecular complexity index is 457. The second-order valence-corrected chi connectivity index (χ2v) is 5.43. The molecule has 0 fully saturated rings. The van der Waals surface area contributed by atoms with Gasteiger partial charge in [0.05, 0.1) is 5.38 Å². The van der Waals surface area contributed by atoms with E-state index < -0.39 is 0 Å². The van der Waals surface area contributed by atoms with Crippen LogP contribution >= 0.6 is 23.1 Å². The first kappa shape index (κ1) is 10.7. The normalized spacial score (nSPS) is 10.6. The highest BCUT2D eigenvalue weighted by Gasteiger charge is 2.18. The Morgan fingerprint density at radius 1 is 1.13 bits per heavy atom. The van der Waals surface area contributed by atoms with Crippen molar-refractivity contribution in [3.05, 3.63) is 40.9 Å². The predicted octanol–water partition coefficient (Wildman–Crippen LogP) is 3.36. The van der Waals surface area contributed by atoms with Gasteiger partial charge in [0.2, 0.25) is 5.69 Å². The maximum atomic E-state index is 2.30. The second kappa shape index (κ2) is 4.37. The van der Waals surface area contributed by atoms with Gasteiger partial charge in [0.15, 0.2) is 5.69 Å². The molecule has 0 amide bonds. The van der Waals surface area contributed by atoms with E-state index in [2.05, 4.69) is 54.3 Å². The largest absolute Gasteiger partial charge is 0.303 e. The molecule has 0 N–H and O–H groups in total. The van der Waals surface area contributed by atoms with Crippen molar-refractivity contribution in [2.45, 2.75) is 18.2 Å². The van der Waals surface area contributed by atoms with E-state index in [1.54, 1.807) is 23.1 Å². The van der Waals surface area contributed by atoms with E-state index in [4.69, 9.17) is 0 Å². The van der Waals surface area contributed by atoms with E-state index in [0.717, 1.165) is 0 Å². The fourth-order valence-electron chi connectivity index (χ4n) is 1.53. The Kier molecular flexibility index (Phi) is 3.12. The zero-order valence-corrected chi connectivity index (χ0v) is 10.8. The molecule has 0 saturated carbocycles. The van der Waals surface area contributed by atoms with E-state index in [-0.39, 0.29) is 0 Å². The molecule has 0 radical (unpaired) electrons.